The molecule has 0 fully saturated rings. The van der Waals surface area contributed by atoms with Crippen LogP contribution in [0.5, 0.6) is 0 Å². The van der Waals surface area contributed by atoms with Crippen molar-refractivity contribution < 1.29 is 4.79 Å². The van der Waals surface area contributed by atoms with Gasteiger partial charge in [-0.15, -0.1) is 0 Å². The number of hydrogen-bond donors (Lipinski definition) is 2. The Morgan fingerprint density at radius 2 is 2.20 bits per heavy atom. The highest BCUT2D eigenvalue weighted by Crippen LogP contribution is 2.20. The maximum atomic E-state index is 12.3. The molecule has 0 aliphatic rings. The number of rotatable bonds is 2. The molecule has 0 aliphatic heterocycles. The molecule has 0 aromatic carbocycles. The number of carbonyl (C=O) groups excluding carboxylic acids is 1. The molecule has 0 unspecified atom stereocenters. The highest BCUT2D eigenvalue weighted by Gasteiger charge is 2.13. The van der Waals surface area contributed by atoms with Crippen molar-refractivity contribution in [1.82, 2.24) is 19.8 Å². The van der Waals surface area contributed by atoms with Crippen LogP contribution in [-0.2, 0) is 0 Å². The lowest BCUT2D eigenvalue weighted by Gasteiger charge is -2.05. The number of carbonyl (C=O) groups is 1. The third-order valence-corrected chi connectivity index (χ3v) is 3.71. The van der Waals surface area contributed by atoms with Crippen LogP contribution in [0.2, 0.25) is 0 Å². The number of halogens is 1. The number of pyridine rings is 1. The first-order valence-corrected chi connectivity index (χ1v) is 6.81. The van der Waals surface area contributed by atoms with Gasteiger partial charge in [-0.3, -0.25) is 9.89 Å². The lowest BCUT2D eigenvalue weighted by Crippen LogP contribution is -2.13. The van der Waals surface area contributed by atoms with Crippen molar-refractivity contribution in [3.63, 3.8) is 0 Å². The summed E-state index contributed by atoms with van der Waals surface area (Å²) >= 11 is 3.40. The second-order valence-electron chi connectivity index (χ2n) is 4.50. The fourth-order valence-electron chi connectivity index (χ4n) is 2.01. The minimum Gasteiger partial charge on any atom is -0.319 e. The van der Waals surface area contributed by atoms with Crippen LogP contribution < -0.4 is 5.32 Å². The minimum absolute atomic E-state index is 0.189. The number of anilines is 1. The molecule has 102 valence electrons. The summed E-state index contributed by atoms with van der Waals surface area (Å²) in [6, 6.07) is 3.61. The zero-order valence-corrected chi connectivity index (χ0v) is 12.5. The van der Waals surface area contributed by atoms with E-state index in [1.807, 2.05) is 19.9 Å². The van der Waals surface area contributed by atoms with Crippen molar-refractivity contribution >= 4 is 33.0 Å². The summed E-state index contributed by atoms with van der Waals surface area (Å²) in [5.41, 5.74) is 3.76. The van der Waals surface area contributed by atoms with E-state index in [2.05, 4.69) is 36.5 Å². The fourth-order valence-corrected chi connectivity index (χ4v) is 2.41. The topological polar surface area (TPSA) is 75.1 Å². The van der Waals surface area contributed by atoms with E-state index in [9.17, 15) is 4.79 Å². The van der Waals surface area contributed by atoms with E-state index < -0.39 is 0 Å². The first kappa shape index (κ1) is 12.9. The monoisotopic (exact) mass is 333 g/mol. The normalized spacial score (nSPS) is 10.9. The van der Waals surface area contributed by atoms with Crippen molar-refractivity contribution in [1.29, 1.82) is 0 Å². The van der Waals surface area contributed by atoms with E-state index in [1.54, 1.807) is 23.0 Å². The van der Waals surface area contributed by atoms with Gasteiger partial charge in [-0.1, -0.05) is 0 Å². The van der Waals surface area contributed by atoms with Crippen LogP contribution in [0, 0.1) is 13.8 Å². The number of amides is 1. The van der Waals surface area contributed by atoms with Gasteiger partial charge in [0.05, 0.1) is 38.8 Å². The zero-order valence-electron chi connectivity index (χ0n) is 10.9. The Balaban J connectivity index is 1.92. The Bertz CT molecular complexity index is 785. The number of H-pyrrole nitrogens is 1. The summed E-state index contributed by atoms with van der Waals surface area (Å²) in [4.78, 5) is 12.3. The van der Waals surface area contributed by atoms with Gasteiger partial charge in [-0.05, 0) is 41.9 Å². The summed E-state index contributed by atoms with van der Waals surface area (Å²) in [7, 11) is 0. The highest BCUT2D eigenvalue weighted by molar-refractivity contribution is 9.10. The molecule has 2 N–H and O–H groups in total. The average molecular weight is 334 g/mol. The van der Waals surface area contributed by atoms with Gasteiger partial charge in [0.2, 0.25) is 0 Å². The number of nitrogens with one attached hydrogen (secondary N) is 2. The van der Waals surface area contributed by atoms with E-state index in [4.69, 9.17) is 0 Å². The third-order valence-electron chi connectivity index (χ3n) is 3.10. The molecule has 0 radical (unpaired) electrons. The van der Waals surface area contributed by atoms with Crippen molar-refractivity contribution in [3.8, 4) is 0 Å². The molecule has 0 saturated heterocycles. The quantitative estimate of drug-likeness (QED) is 0.757. The molecule has 3 aromatic heterocycles. The predicted molar refractivity (Wildman–Crippen MR) is 78.9 cm³/mol. The molecule has 6 nitrogen and oxygen atoms in total. The van der Waals surface area contributed by atoms with Gasteiger partial charge in [0, 0.05) is 6.20 Å². The molecule has 0 atom stereocenters. The predicted octanol–water partition coefficient (Wildman–Crippen LogP) is 2.69. The van der Waals surface area contributed by atoms with Gasteiger partial charge in [-0.25, -0.2) is 4.52 Å². The summed E-state index contributed by atoms with van der Waals surface area (Å²) < 4.78 is 2.56. The summed E-state index contributed by atoms with van der Waals surface area (Å²) in [5, 5.41) is 13.9. The first-order valence-electron chi connectivity index (χ1n) is 6.02. The van der Waals surface area contributed by atoms with E-state index in [0.717, 1.165) is 27.1 Å². The SMILES string of the molecule is Cc1n[nH]c(C)c1NC(=O)c1ccc2c(Br)cnn2c1. The number of fused-ring (bicyclic) bond motifs is 1. The molecule has 3 aromatic rings. The van der Waals surface area contributed by atoms with Gasteiger partial charge in [0.1, 0.15) is 0 Å². The average Bonchev–Trinajstić information content (AvgIpc) is 2.96. The van der Waals surface area contributed by atoms with E-state index in [0.29, 0.717) is 5.56 Å². The molecule has 7 heteroatoms. The maximum Gasteiger partial charge on any atom is 0.257 e. The smallest absolute Gasteiger partial charge is 0.257 e. The zero-order chi connectivity index (χ0) is 14.3. The third kappa shape index (κ3) is 2.09. The number of aromatic nitrogens is 4. The van der Waals surface area contributed by atoms with Crippen LogP contribution in [-0.4, -0.2) is 25.7 Å². The molecule has 0 bridgehead atoms. The van der Waals surface area contributed by atoms with Crippen molar-refractivity contribution in [2.75, 3.05) is 5.32 Å². The molecule has 3 heterocycles. The van der Waals surface area contributed by atoms with Gasteiger partial charge in [-0.2, -0.15) is 10.2 Å². The standard InChI is InChI=1S/C13H12BrN5O/c1-7-12(8(2)18-17-7)16-13(20)9-3-4-11-10(14)5-15-19(11)6-9/h3-6H,1-2H3,(H,16,20)(H,17,18). The van der Waals surface area contributed by atoms with E-state index in [1.165, 1.54) is 0 Å². The number of aryl methyl sites for hydroxylation is 2. The Labute approximate surface area is 123 Å². The fraction of sp³-hybridized carbons (Fsp3) is 0.154. The Kier molecular flexibility index (Phi) is 3.06. The summed E-state index contributed by atoms with van der Waals surface area (Å²) in [5.74, 6) is -0.189. The minimum atomic E-state index is -0.189. The lowest BCUT2D eigenvalue weighted by atomic mass is 10.2. The maximum absolute atomic E-state index is 12.3. The number of nitrogens with zero attached hydrogens (tertiary/aromatic N) is 3. The van der Waals surface area contributed by atoms with Crippen LogP contribution in [0.25, 0.3) is 5.52 Å². The Hall–Kier alpha value is -2.15. The van der Waals surface area contributed by atoms with Gasteiger partial charge < -0.3 is 5.32 Å². The van der Waals surface area contributed by atoms with Crippen molar-refractivity contribution in [3.05, 3.63) is 46.0 Å². The van der Waals surface area contributed by atoms with Crippen LogP contribution in [0.4, 0.5) is 5.69 Å². The Morgan fingerprint density at radius 3 is 2.90 bits per heavy atom. The summed E-state index contributed by atoms with van der Waals surface area (Å²) in [6.07, 6.45) is 3.39. The van der Waals surface area contributed by atoms with Crippen LogP contribution >= 0.6 is 15.9 Å². The van der Waals surface area contributed by atoms with E-state index in [-0.39, 0.29) is 5.91 Å². The molecular formula is C13H12BrN5O. The number of hydrogen-bond acceptors (Lipinski definition) is 3. The molecule has 1 amide bonds. The first-order chi connectivity index (χ1) is 9.56. The van der Waals surface area contributed by atoms with Crippen molar-refractivity contribution in [2.24, 2.45) is 0 Å². The molecule has 20 heavy (non-hydrogen) atoms. The van der Waals surface area contributed by atoms with Crippen LogP contribution in [0.15, 0.2) is 29.0 Å². The molecule has 0 saturated carbocycles. The van der Waals surface area contributed by atoms with Crippen LogP contribution in [0.3, 0.4) is 0 Å². The second-order valence-corrected chi connectivity index (χ2v) is 5.36. The van der Waals surface area contributed by atoms with Gasteiger partial charge in [0.25, 0.3) is 5.91 Å². The van der Waals surface area contributed by atoms with Gasteiger partial charge in [0.15, 0.2) is 0 Å². The molecule has 3 rings (SSSR count). The van der Waals surface area contributed by atoms with Gasteiger partial charge >= 0.3 is 0 Å². The van der Waals surface area contributed by atoms with E-state index >= 15 is 0 Å². The summed E-state index contributed by atoms with van der Waals surface area (Å²) in [6.45, 7) is 3.70. The highest BCUT2D eigenvalue weighted by atomic mass is 79.9. The lowest BCUT2D eigenvalue weighted by molar-refractivity contribution is 0.102. The second kappa shape index (κ2) is 4.75. The molecule has 0 aliphatic carbocycles. The largest absolute Gasteiger partial charge is 0.319 e. The van der Waals surface area contributed by atoms with Crippen molar-refractivity contribution in [2.45, 2.75) is 13.8 Å². The number of aromatic amines is 1. The molecule has 0 spiro atoms. The van der Waals surface area contributed by atoms with Crippen LogP contribution in [0.1, 0.15) is 21.7 Å². The molecular weight excluding hydrogens is 322 g/mol. The Morgan fingerprint density at radius 1 is 1.40 bits per heavy atom.